The number of hydrogen-bond acceptors (Lipinski definition) is 5. The minimum absolute atomic E-state index is 0.0328. The van der Waals surface area contributed by atoms with E-state index in [2.05, 4.69) is 10.0 Å². The van der Waals surface area contributed by atoms with Crippen LogP contribution in [0.4, 0.5) is 5.69 Å². The maximum absolute atomic E-state index is 12.4. The monoisotopic (exact) mass is 398 g/mol. The molecule has 0 bridgehead atoms. The van der Waals surface area contributed by atoms with Crippen LogP contribution in [0.25, 0.3) is 0 Å². The second kappa shape index (κ2) is 8.39. The van der Waals surface area contributed by atoms with Gasteiger partial charge < -0.3 is 14.8 Å². The fourth-order valence-electron chi connectivity index (χ4n) is 2.10. The smallest absolute Gasteiger partial charge is 0.242 e. The Labute approximate surface area is 157 Å². The van der Waals surface area contributed by atoms with Crippen molar-refractivity contribution in [3.8, 4) is 11.5 Å². The Kier molecular flexibility index (Phi) is 6.47. The number of methoxy groups -OCH3 is 2. The zero-order valence-electron chi connectivity index (χ0n) is 14.4. The molecule has 0 aliphatic rings. The van der Waals surface area contributed by atoms with E-state index in [0.29, 0.717) is 22.2 Å². The van der Waals surface area contributed by atoms with Gasteiger partial charge in [-0.3, -0.25) is 4.79 Å². The first kappa shape index (κ1) is 20.0. The number of sulfonamides is 1. The first-order valence-corrected chi connectivity index (χ1v) is 9.43. The van der Waals surface area contributed by atoms with Crippen LogP contribution >= 0.6 is 11.6 Å². The fraction of sp³-hybridized carbons (Fsp3) is 0.235. The molecule has 0 saturated heterocycles. The van der Waals surface area contributed by atoms with E-state index in [4.69, 9.17) is 21.1 Å². The highest BCUT2D eigenvalue weighted by Gasteiger charge is 2.22. The number of nitrogens with one attached hydrogen (secondary N) is 2. The number of carbonyl (C=O) groups excluding carboxylic acids is 1. The summed E-state index contributed by atoms with van der Waals surface area (Å²) < 4.78 is 37.1. The predicted molar refractivity (Wildman–Crippen MR) is 99.4 cm³/mol. The van der Waals surface area contributed by atoms with Crippen LogP contribution in [-0.4, -0.2) is 34.6 Å². The lowest BCUT2D eigenvalue weighted by Gasteiger charge is -2.15. The summed E-state index contributed by atoms with van der Waals surface area (Å²) in [6.07, 6.45) is 0. The normalized spacial score (nSPS) is 12.3. The Morgan fingerprint density at radius 3 is 2.27 bits per heavy atom. The van der Waals surface area contributed by atoms with E-state index in [1.807, 2.05) is 0 Å². The number of rotatable bonds is 7. The molecule has 1 unspecified atom stereocenters. The van der Waals surface area contributed by atoms with Gasteiger partial charge in [0.2, 0.25) is 15.9 Å². The number of halogens is 1. The molecule has 2 aromatic carbocycles. The van der Waals surface area contributed by atoms with E-state index in [1.54, 1.807) is 12.1 Å². The summed E-state index contributed by atoms with van der Waals surface area (Å²) in [6, 6.07) is 9.57. The number of hydrogen-bond donors (Lipinski definition) is 2. The Bertz CT molecular complexity index is 885. The Balaban J connectivity index is 2.06. The SMILES string of the molecule is COc1ccc(S(=O)(=O)NC(C)C(=O)Nc2ccc(OC)c(Cl)c2)cc1. The van der Waals surface area contributed by atoms with Gasteiger partial charge in [0.05, 0.1) is 30.2 Å². The van der Waals surface area contributed by atoms with Crippen molar-refractivity contribution in [2.75, 3.05) is 19.5 Å². The zero-order chi connectivity index (χ0) is 19.3. The van der Waals surface area contributed by atoms with Crippen molar-refractivity contribution in [2.45, 2.75) is 17.9 Å². The highest BCUT2D eigenvalue weighted by Crippen LogP contribution is 2.27. The number of amides is 1. The van der Waals surface area contributed by atoms with E-state index in [9.17, 15) is 13.2 Å². The lowest BCUT2D eigenvalue weighted by atomic mass is 10.2. The van der Waals surface area contributed by atoms with Crippen LogP contribution in [0.5, 0.6) is 11.5 Å². The fourth-order valence-corrected chi connectivity index (χ4v) is 3.56. The first-order chi connectivity index (χ1) is 12.3. The van der Waals surface area contributed by atoms with Crippen LogP contribution in [0.2, 0.25) is 5.02 Å². The molecule has 0 aliphatic heterocycles. The lowest BCUT2D eigenvalue weighted by Crippen LogP contribution is -2.41. The molecule has 0 spiro atoms. The minimum atomic E-state index is -3.85. The molecule has 0 aromatic heterocycles. The van der Waals surface area contributed by atoms with Crippen LogP contribution in [-0.2, 0) is 14.8 Å². The summed E-state index contributed by atoms with van der Waals surface area (Å²) >= 11 is 6.01. The van der Waals surface area contributed by atoms with E-state index >= 15 is 0 Å². The molecule has 0 heterocycles. The zero-order valence-corrected chi connectivity index (χ0v) is 16.0. The molecule has 2 rings (SSSR count). The molecule has 1 amide bonds. The quantitative estimate of drug-likeness (QED) is 0.747. The third-order valence-corrected chi connectivity index (χ3v) is 5.37. The Morgan fingerprint density at radius 2 is 1.73 bits per heavy atom. The molecule has 0 fully saturated rings. The maximum Gasteiger partial charge on any atom is 0.242 e. The van der Waals surface area contributed by atoms with E-state index in [1.165, 1.54) is 51.5 Å². The van der Waals surface area contributed by atoms with Crippen LogP contribution < -0.4 is 19.5 Å². The third-order valence-electron chi connectivity index (χ3n) is 3.51. The van der Waals surface area contributed by atoms with E-state index in [0.717, 1.165) is 0 Å². The van der Waals surface area contributed by atoms with Gasteiger partial charge in [-0.05, 0) is 49.4 Å². The molecule has 2 N–H and O–H groups in total. The van der Waals surface area contributed by atoms with Crippen molar-refractivity contribution in [3.63, 3.8) is 0 Å². The number of anilines is 1. The topological polar surface area (TPSA) is 93.7 Å². The van der Waals surface area contributed by atoms with E-state index < -0.39 is 22.0 Å². The van der Waals surface area contributed by atoms with Gasteiger partial charge in [0.1, 0.15) is 11.5 Å². The van der Waals surface area contributed by atoms with Gasteiger partial charge in [0.15, 0.2) is 0 Å². The Hall–Kier alpha value is -2.29. The van der Waals surface area contributed by atoms with Crippen LogP contribution in [0.15, 0.2) is 47.4 Å². The molecule has 0 aliphatic carbocycles. The molecule has 9 heteroatoms. The van der Waals surface area contributed by atoms with Crippen molar-refractivity contribution in [3.05, 3.63) is 47.5 Å². The van der Waals surface area contributed by atoms with Crippen molar-refractivity contribution >= 4 is 33.2 Å². The highest BCUT2D eigenvalue weighted by molar-refractivity contribution is 7.89. The molecule has 0 radical (unpaired) electrons. The van der Waals surface area contributed by atoms with Crippen molar-refractivity contribution < 1.29 is 22.7 Å². The average Bonchev–Trinajstić information content (AvgIpc) is 2.61. The summed E-state index contributed by atoms with van der Waals surface area (Å²) in [4.78, 5) is 12.3. The molecule has 2 aromatic rings. The number of carbonyl (C=O) groups is 1. The summed E-state index contributed by atoms with van der Waals surface area (Å²) in [5.74, 6) is 0.479. The standard InChI is InChI=1S/C17H19ClN2O5S/c1-11(17(21)19-12-4-9-16(25-3)15(18)10-12)20-26(22,23)14-7-5-13(24-2)6-8-14/h4-11,20H,1-3H3,(H,19,21). The first-order valence-electron chi connectivity index (χ1n) is 7.57. The number of benzene rings is 2. The van der Waals surface area contributed by atoms with Crippen LogP contribution in [0.1, 0.15) is 6.92 Å². The van der Waals surface area contributed by atoms with Gasteiger partial charge in [-0.2, -0.15) is 4.72 Å². The van der Waals surface area contributed by atoms with Gasteiger partial charge in [-0.25, -0.2) is 8.42 Å². The minimum Gasteiger partial charge on any atom is -0.497 e. The van der Waals surface area contributed by atoms with Gasteiger partial charge in [-0.15, -0.1) is 0 Å². The molecule has 26 heavy (non-hydrogen) atoms. The molecule has 1 atom stereocenters. The van der Waals surface area contributed by atoms with Crippen LogP contribution in [0, 0.1) is 0 Å². The second-order valence-corrected chi connectivity index (χ2v) is 7.48. The Morgan fingerprint density at radius 1 is 1.08 bits per heavy atom. The average molecular weight is 399 g/mol. The molecular weight excluding hydrogens is 380 g/mol. The second-order valence-electron chi connectivity index (χ2n) is 5.36. The van der Waals surface area contributed by atoms with Crippen LogP contribution in [0.3, 0.4) is 0 Å². The van der Waals surface area contributed by atoms with Gasteiger partial charge in [0, 0.05) is 5.69 Å². The largest absolute Gasteiger partial charge is 0.497 e. The molecule has 7 nitrogen and oxygen atoms in total. The van der Waals surface area contributed by atoms with Crippen molar-refractivity contribution in [1.29, 1.82) is 0 Å². The van der Waals surface area contributed by atoms with Crippen molar-refractivity contribution in [1.82, 2.24) is 4.72 Å². The summed E-state index contributed by atoms with van der Waals surface area (Å²) in [5, 5.41) is 2.93. The highest BCUT2D eigenvalue weighted by atomic mass is 35.5. The maximum atomic E-state index is 12.4. The molecule has 0 saturated carbocycles. The van der Waals surface area contributed by atoms with Gasteiger partial charge >= 0.3 is 0 Å². The third kappa shape index (κ3) is 4.87. The summed E-state index contributed by atoms with van der Waals surface area (Å²) in [7, 11) is -0.886. The molecular formula is C17H19ClN2O5S. The van der Waals surface area contributed by atoms with Gasteiger partial charge in [0.25, 0.3) is 0 Å². The molecule has 140 valence electrons. The lowest BCUT2D eigenvalue weighted by molar-refractivity contribution is -0.117. The number of ether oxygens (including phenoxy) is 2. The predicted octanol–water partition coefficient (Wildman–Crippen LogP) is 2.66. The van der Waals surface area contributed by atoms with E-state index in [-0.39, 0.29) is 4.90 Å². The summed E-state index contributed by atoms with van der Waals surface area (Å²) in [6.45, 7) is 1.45. The summed E-state index contributed by atoms with van der Waals surface area (Å²) in [5.41, 5.74) is 0.427. The van der Waals surface area contributed by atoms with Crippen molar-refractivity contribution in [2.24, 2.45) is 0 Å². The van der Waals surface area contributed by atoms with Gasteiger partial charge in [-0.1, -0.05) is 11.6 Å².